The predicted molar refractivity (Wildman–Crippen MR) is 76.3 cm³/mol. The van der Waals surface area contributed by atoms with Crippen molar-refractivity contribution in [2.45, 2.75) is 31.7 Å². The van der Waals surface area contributed by atoms with Crippen LogP contribution in [-0.4, -0.2) is 45.9 Å². The Bertz CT molecular complexity index is 664. The molecule has 0 unspecified atom stereocenters. The van der Waals surface area contributed by atoms with Gasteiger partial charge in [0.15, 0.2) is 5.69 Å². The van der Waals surface area contributed by atoms with Crippen molar-refractivity contribution in [3.05, 3.63) is 35.0 Å². The molecule has 0 bridgehead atoms. The topological polar surface area (TPSA) is 84.2 Å². The fraction of sp³-hybridized carbons (Fsp3) is 0.533. The Morgan fingerprint density at radius 1 is 1.36 bits per heavy atom. The van der Waals surface area contributed by atoms with Crippen LogP contribution in [0.2, 0.25) is 0 Å². The molecule has 7 heteroatoms. The number of morpholine rings is 1. The van der Waals surface area contributed by atoms with Crippen LogP contribution in [0.1, 0.15) is 46.4 Å². The van der Waals surface area contributed by atoms with Crippen molar-refractivity contribution in [1.82, 2.24) is 20.3 Å². The first-order valence-electron chi connectivity index (χ1n) is 7.70. The maximum atomic E-state index is 13.0. The van der Waals surface area contributed by atoms with Crippen molar-refractivity contribution < 1.29 is 14.1 Å². The Balaban J connectivity index is 1.64. The summed E-state index contributed by atoms with van der Waals surface area (Å²) in [6.07, 6.45) is 5.62. The molecule has 1 fully saturated rings. The van der Waals surface area contributed by atoms with Crippen molar-refractivity contribution in [2.24, 2.45) is 0 Å². The monoisotopic (exact) mass is 302 g/mol. The van der Waals surface area contributed by atoms with E-state index in [0.29, 0.717) is 25.5 Å². The van der Waals surface area contributed by atoms with E-state index in [9.17, 15) is 4.79 Å². The Hall–Kier alpha value is -2.15. The molecule has 1 atom stereocenters. The molecule has 1 aliphatic heterocycles. The van der Waals surface area contributed by atoms with E-state index in [1.807, 2.05) is 11.0 Å². The van der Waals surface area contributed by atoms with Gasteiger partial charge < -0.3 is 14.2 Å². The number of aromatic amines is 1. The molecular formula is C15H18N4O3. The second-order valence-electron chi connectivity index (χ2n) is 5.74. The zero-order chi connectivity index (χ0) is 14.9. The van der Waals surface area contributed by atoms with E-state index in [0.717, 1.165) is 42.7 Å². The number of aryl methyl sites for hydroxylation is 1. The number of hydrogen-bond acceptors (Lipinski definition) is 5. The van der Waals surface area contributed by atoms with E-state index in [1.165, 1.54) is 0 Å². The lowest BCUT2D eigenvalue weighted by molar-refractivity contribution is -0.00446. The van der Waals surface area contributed by atoms with Crippen LogP contribution in [0, 0.1) is 0 Å². The smallest absolute Gasteiger partial charge is 0.277 e. The highest BCUT2D eigenvalue weighted by Gasteiger charge is 2.34. The van der Waals surface area contributed by atoms with Gasteiger partial charge in [0.2, 0.25) is 0 Å². The normalized spacial score (nSPS) is 21.6. The fourth-order valence-electron chi connectivity index (χ4n) is 3.25. The average Bonchev–Trinajstić information content (AvgIpc) is 3.24. The lowest BCUT2D eigenvalue weighted by Crippen LogP contribution is -2.44. The summed E-state index contributed by atoms with van der Waals surface area (Å²) >= 11 is 0. The number of amides is 1. The highest BCUT2D eigenvalue weighted by atomic mass is 16.5. The SMILES string of the molecule is O=C(c1noc2c1CCCC2)N1CCOC[C@@H]1c1ccn[nH]1. The number of nitrogens with one attached hydrogen (secondary N) is 1. The lowest BCUT2D eigenvalue weighted by atomic mass is 9.96. The van der Waals surface area contributed by atoms with Crippen LogP contribution in [0.25, 0.3) is 0 Å². The highest BCUT2D eigenvalue weighted by Crippen LogP contribution is 2.29. The molecule has 1 amide bonds. The number of ether oxygens (including phenoxy) is 1. The zero-order valence-electron chi connectivity index (χ0n) is 12.2. The third kappa shape index (κ3) is 2.21. The second kappa shape index (κ2) is 5.57. The molecule has 22 heavy (non-hydrogen) atoms. The molecule has 0 radical (unpaired) electrons. The molecule has 1 saturated heterocycles. The van der Waals surface area contributed by atoms with E-state index in [2.05, 4.69) is 15.4 Å². The summed E-state index contributed by atoms with van der Waals surface area (Å²) in [7, 11) is 0. The van der Waals surface area contributed by atoms with Gasteiger partial charge >= 0.3 is 0 Å². The molecule has 2 aromatic heterocycles. The minimum Gasteiger partial charge on any atom is -0.377 e. The molecule has 0 saturated carbocycles. The number of rotatable bonds is 2. The molecule has 2 aliphatic rings. The van der Waals surface area contributed by atoms with Gasteiger partial charge in [0.1, 0.15) is 5.76 Å². The van der Waals surface area contributed by atoms with Crippen LogP contribution in [0.5, 0.6) is 0 Å². The van der Waals surface area contributed by atoms with Crippen LogP contribution < -0.4 is 0 Å². The third-order valence-corrected chi connectivity index (χ3v) is 4.42. The quantitative estimate of drug-likeness (QED) is 0.908. The first-order chi connectivity index (χ1) is 10.8. The van der Waals surface area contributed by atoms with Crippen molar-refractivity contribution in [3.8, 4) is 0 Å². The van der Waals surface area contributed by atoms with Gasteiger partial charge in [-0.05, 0) is 25.3 Å². The summed E-state index contributed by atoms with van der Waals surface area (Å²) in [4.78, 5) is 14.8. The molecule has 3 heterocycles. The van der Waals surface area contributed by atoms with Crippen LogP contribution >= 0.6 is 0 Å². The Morgan fingerprint density at radius 2 is 2.27 bits per heavy atom. The van der Waals surface area contributed by atoms with E-state index in [4.69, 9.17) is 9.26 Å². The van der Waals surface area contributed by atoms with E-state index in [1.54, 1.807) is 6.20 Å². The summed E-state index contributed by atoms with van der Waals surface area (Å²) in [5, 5.41) is 11.0. The number of fused-ring (bicyclic) bond motifs is 1. The summed E-state index contributed by atoms with van der Waals surface area (Å²) in [5.74, 6) is 0.802. The van der Waals surface area contributed by atoms with Crippen LogP contribution in [0.4, 0.5) is 0 Å². The van der Waals surface area contributed by atoms with Gasteiger partial charge in [-0.3, -0.25) is 9.89 Å². The van der Waals surface area contributed by atoms with Gasteiger partial charge in [0.25, 0.3) is 5.91 Å². The van der Waals surface area contributed by atoms with Crippen LogP contribution in [0.15, 0.2) is 16.8 Å². The molecule has 7 nitrogen and oxygen atoms in total. The summed E-state index contributed by atoms with van der Waals surface area (Å²) in [6, 6.07) is 1.72. The minimum absolute atomic E-state index is 0.0743. The van der Waals surface area contributed by atoms with Gasteiger partial charge in [-0.2, -0.15) is 5.10 Å². The standard InChI is InChI=1S/C15H18N4O3/c20-15(14-10-3-1-2-4-13(10)22-18-14)19-7-8-21-9-12(19)11-5-6-16-17-11/h5-6,12H,1-4,7-9H2,(H,16,17)/t12-/m1/s1. The van der Waals surface area contributed by atoms with Gasteiger partial charge in [-0.1, -0.05) is 5.16 Å². The Kier molecular flexibility index (Phi) is 3.42. The summed E-state index contributed by atoms with van der Waals surface area (Å²) in [5.41, 5.74) is 2.35. The van der Waals surface area contributed by atoms with Crippen molar-refractivity contribution in [3.63, 3.8) is 0 Å². The fourth-order valence-corrected chi connectivity index (χ4v) is 3.25. The number of carbonyl (C=O) groups is 1. The minimum atomic E-state index is -0.153. The lowest BCUT2D eigenvalue weighted by Gasteiger charge is -2.34. The van der Waals surface area contributed by atoms with Gasteiger partial charge in [0, 0.05) is 24.7 Å². The van der Waals surface area contributed by atoms with Crippen LogP contribution in [-0.2, 0) is 17.6 Å². The van der Waals surface area contributed by atoms with E-state index < -0.39 is 0 Å². The number of aromatic nitrogens is 3. The second-order valence-corrected chi connectivity index (χ2v) is 5.74. The molecule has 1 aliphatic carbocycles. The van der Waals surface area contributed by atoms with Gasteiger partial charge in [-0.25, -0.2) is 0 Å². The number of nitrogens with zero attached hydrogens (tertiary/aromatic N) is 3. The highest BCUT2D eigenvalue weighted by molar-refractivity contribution is 5.94. The Morgan fingerprint density at radius 3 is 3.14 bits per heavy atom. The summed E-state index contributed by atoms with van der Waals surface area (Å²) < 4.78 is 10.9. The van der Waals surface area contributed by atoms with Crippen molar-refractivity contribution in [2.75, 3.05) is 19.8 Å². The predicted octanol–water partition coefficient (Wildman–Crippen LogP) is 1.49. The maximum absolute atomic E-state index is 13.0. The Labute approximate surface area is 127 Å². The molecule has 2 aromatic rings. The molecule has 1 N–H and O–H groups in total. The third-order valence-electron chi connectivity index (χ3n) is 4.42. The number of carbonyl (C=O) groups excluding carboxylic acids is 1. The zero-order valence-corrected chi connectivity index (χ0v) is 12.2. The molecule has 116 valence electrons. The summed E-state index contributed by atoms with van der Waals surface area (Å²) in [6.45, 7) is 1.55. The molecule has 0 aromatic carbocycles. The maximum Gasteiger partial charge on any atom is 0.277 e. The van der Waals surface area contributed by atoms with Crippen LogP contribution in [0.3, 0.4) is 0 Å². The van der Waals surface area contributed by atoms with Gasteiger partial charge in [0.05, 0.1) is 24.9 Å². The van der Waals surface area contributed by atoms with Crippen molar-refractivity contribution >= 4 is 5.91 Å². The van der Waals surface area contributed by atoms with E-state index in [-0.39, 0.29) is 11.9 Å². The first-order valence-corrected chi connectivity index (χ1v) is 7.70. The van der Waals surface area contributed by atoms with Gasteiger partial charge in [-0.15, -0.1) is 0 Å². The number of H-pyrrole nitrogens is 1. The molecular weight excluding hydrogens is 284 g/mol. The average molecular weight is 302 g/mol. The van der Waals surface area contributed by atoms with Crippen molar-refractivity contribution in [1.29, 1.82) is 0 Å². The first kappa shape index (κ1) is 13.5. The number of hydrogen-bond donors (Lipinski definition) is 1. The molecule has 4 rings (SSSR count). The largest absolute Gasteiger partial charge is 0.377 e. The molecule has 0 spiro atoms. The van der Waals surface area contributed by atoms with E-state index >= 15 is 0 Å².